The van der Waals surface area contributed by atoms with Crippen LogP contribution in [-0.2, 0) is 5.92 Å². The molecular formula is C15H22F2N2. The van der Waals surface area contributed by atoms with Crippen LogP contribution in [0.4, 0.5) is 8.78 Å². The molecule has 1 aliphatic rings. The van der Waals surface area contributed by atoms with Crippen LogP contribution in [0.2, 0.25) is 0 Å². The number of piperazine rings is 1. The molecule has 0 saturated carbocycles. The topological polar surface area (TPSA) is 15.3 Å². The minimum atomic E-state index is -2.70. The van der Waals surface area contributed by atoms with Gasteiger partial charge in [0, 0.05) is 37.7 Å². The van der Waals surface area contributed by atoms with E-state index in [2.05, 4.69) is 17.3 Å². The molecule has 0 amide bonds. The zero-order valence-corrected chi connectivity index (χ0v) is 11.6. The Kier molecular flexibility index (Phi) is 4.53. The Bertz CT molecular complexity index is 403. The zero-order valence-electron chi connectivity index (χ0n) is 11.6. The summed E-state index contributed by atoms with van der Waals surface area (Å²) in [5, 5.41) is 3.34. The standard InChI is InChI=1S/C15H22F2N2/c1-3-8-15(16,17)13-6-4-12(5-7-13)14-11-18-9-10-19(14)2/h4-7,14,18H,3,8-11H2,1-2H3. The summed E-state index contributed by atoms with van der Waals surface area (Å²) >= 11 is 0. The van der Waals surface area contributed by atoms with E-state index in [4.69, 9.17) is 0 Å². The van der Waals surface area contributed by atoms with E-state index >= 15 is 0 Å². The SMILES string of the molecule is CCCC(F)(F)c1ccc(C2CNCCN2C)cc1. The van der Waals surface area contributed by atoms with Gasteiger partial charge < -0.3 is 5.32 Å². The first-order chi connectivity index (χ1) is 9.04. The third kappa shape index (κ3) is 3.31. The third-order valence-corrected chi connectivity index (χ3v) is 3.79. The van der Waals surface area contributed by atoms with E-state index in [1.165, 1.54) is 0 Å². The van der Waals surface area contributed by atoms with Crippen LogP contribution >= 0.6 is 0 Å². The monoisotopic (exact) mass is 268 g/mol. The van der Waals surface area contributed by atoms with Crippen molar-refractivity contribution in [3.8, 4) is 0 Å². The van der Waals surface area contributed by atoms with Gasteiger partial charge in [0.2, 0.25) is 0 Å². The molecule has 2 rings (SSSR count). The van der Waals surface area contributed by atoms with Gasteiger partial charge in [-0.15, -0.1) is 0 Å². The van der Waals surface area contributed by atoms with Crippen LogP contribution in [0.1, 0.15) is 36.9 Å². The lowest BCUT2D eigenvalue weighted by Gasteiger charge is -2.33. The summed E-state index contributed by atoms with van der Waals surface area (Å²) in [7, 11) is 2.07. The molecular weight excluding hydrogens is 246 g/mol. The molecule has 0 aliphatic carbocycles. The minimum Gasteiger partial charge on any atom is -0.314 e. The second-order valence-electron chi connectivity index (χ2n) is 5.28. The maximum atomic E-state index is 13.8. The summed E-state index contributed by atoms with van der Waals surface area (Å²) < 4.78 is 27.6. The van der Waals surface area contributed by atoms with Crippen molar-refractivity contribution in [1.82, 2.24) is 10.2 Å². The van der Waals surface area contributed by atoms with Gasteiger partial charge in [-0.25, -0.2) is 8.78 Å². The lowest BCUT2D eigenvalue weighted by Crippen LogP contribution is -2.43. The maximum absolute atomic E-state index is 13.8. The van der Waals surface area contributed by atoms with Gasteiger partial charge in [-0.05, 0) is 12.6 Å². The zero-order chi connectivity index (χ0) is 13.9. The van der Waals surface area contributed by atoms with Crippen molar-refractivity contribution in [3.63, 3.8) is 0 Å². The van der Waals surface area contributed by atoms with Gasteiger partial charge in [0.05, 0.1) is 0 Å². The number of nitrogens with one attached hydrogen (secondary N) is 1. The highest BCUT2D eigenvalue weighted by atomic mass is 19.3. The first-order valence-electron chi connectivity index (χ1n) is 6.94. The van der Waals surface area contributed by atoms with Gasteiger partial charge in [-0.2, -0.15) is 0 Å². The highest BCUT2D eigenvalue weighted by molar-refractivity contribution is 5.28. The predicted octanol–water partition coefficient (Wildman–Crippen LogP) is 3.15. The molecule has 106 valence electrons. The average molecular weight is 268 g/mol. The third-order valence-electron chi connectivity index (χ3n) is 3.79. The number of hydrogen-bond acceptors (Lipinski definition) is 2. The molecule has 1 heterocycles. The van der Waals surface area contributed by atoms with Gasteiger partial charge in [-0.3, -0.25) is 4.90 Å². The molecule has 1 aromatic carbocycles. The normalized spacial score (nSPS) is 21.6. The Morgan fingerprint density at radius 1 is 1.32 bits per heavy atom. The van der Waals surface area contributed by atoms with E-state index in [-0.39, 0.29) is 18.0 Å². The fourth-order valence-corrected chi connectivity index (χ4v) is 2.59. The minimum absolute atomic E-state index is 0.0861. The summed E-state index contributed by atoms with van der Waals surface area (Å²) in [6, 6.07) is 7.11. The smallest absolute Gasteiger partial charge is 0.273 e. The second-order valence-corrected chi connectivity index (χ2v) is 5.28. The molecule has 2 nitrogen and oxygen atoms in total. The molecule has 1 unspecified atom stereocenters. The van der Waals surface area contributed by atoms with Crippen LogP contribution < -0.4 is 5.32 Å². The molecule has 4 heteroatoms. The molecule has 19 heavy (non-hydrogen) atoms. The number of hydrogen-bond donors (Lipinski definition) is 1. The number of halogens is 2. The van der Waals surface area contributed by atoms with Crippen molar-refractivity contribution in [1.29, 1.82) is 0 Å². The highest BCUT2D eigenvalue weighted by Gasteiger charge is 2.30. The second kappa shape index (κ2) is 5.97. The van der Waals surface area contributed by atoms with Gasteiger partial charge in [0.15, 0.2) is 0 Å². The summed E-state index contributed by atoms with van der Waals surface area (Å²) in [6.45, 7) is 4.63. The molecule has 0 radical (unpaired) electrons. The van der Waals surface area contributed by atoms with Crippen molar-refractivity contribution in [2.45, 2.75) is 31.7 Å². The van der Waals surface area contributed by atoms with Crippen molar-refractivity contribution in [3.05, 3.63) is 35.4 Å². The molecule has 1 aliphatic heterocycles. The van der Waals surface area contributed by atoms with E-state index in [9.17, 15) is 8.78 Å². The summed E-state index contributed by atoms with van der Waals surface area (Å²) in [4.78, 5) is 2.26. The van der Waals surface area contributed by atoms with Gasteiger partial charge in [-0.1, -0.05) is 37.6 Å². The van der Waals surface area contributed by atoms with Crippen LogP contribution in [0.3, 0.4) is 0 Å². The molecule has 1 N–H and O–H groups in total. The van der Waals surface area contributed by atoms with Gasteiger partial charge in [0.25, 0.3) is 5.92 Å². The van der Waals surface area contributed by atoms with Crippen LogP contribution in [0.15, 0.2) is 24.3 Å². The lowest BCUT2D eigenvalue weighted by molar-refractivity contribution is -0.0140. The van der Waals surface area contributed by atoms with E-state index < -0.39 is 5.92 Å². The number of alkyl halides is 2. The summed E-state index contributed by atoms with van der Waals surface area (Å²) in [6.07, 6.45) is 0.404. The fraction of sp³-hybridized carbons (Fsp3) is 0.600. The first-order valence-corrected chi connectivity index (χ1v) is 6.94. The fourth-order valence-electron chi connectivity index (χ4n) is 2.59. The Balaban J connectivity index is 2.13. The molecule has 0 spiro atoms. The van der Waals surface area contributed by atoms with Crippen LogP contribution in [0.25, 0.3) is 0 Å². The number of nitrogens with zero attached hydrogens (tertiary/aromatic N) is 1. The van der Waals surface area contributed by atoms with Crippen LogP contribution in [-0.4, -0.2) is 31.6 Å². The van der Waals surface area contributed by atoms with E-state index in [0.29, 0.717) is 6.42 Å². The largest absolute Gasteiger partial charge is 0.314 e. The Morgan fingerprint density at radius 2 is 2.00 bits per heavy atom. The van der Waals surface area contributed by atoms with Crippen LogP contribution in [0, 0.1) is 0 Å². The van der Waals surface area contributed by atoms with E-state index in [1.54, 1.807) is 19.1 Å². The van der Waals surface area contributed by atoms with Crippen molar-refractivity contribution < 1.29 is 8.78 Å². The van der Waals surface area contributed by atoms with Crippen molar-refractivity contribution in [2.24, 2.45) is 0 Å². The molecule has 1 atom stereocenters. The Hall–Kier alpha value is -1.00. The summed E-state index contributed by atoms with van der Waals surface area (Å²) in [5.74, 6) is -2.70. The van der Waals surface area contributed by atoms with Gasteiger partial charge >= 0.3 is 0 Å². The lowest BCUT2D eigenvalue weighted by atomic mass is 9.98. The predicted molar refractivity (Wildman–Crippen MR) is 73.5 cm³/mol. The van der Waals surface area contributed by atoms with Crippen LogP contribution in [0.5, 0.6) is 0 Å². The Morgan fingerprint density at radius 3 is 2.58 bits per heavy atom. The van der Waals surface area contributed by atoms with E-state index in [1.807, 2.05) is 12.1 Å². The van der Waals surface area contributed by atoms with E-state index in [0.717, 1.165) is 25.2 Å². The first kappa shape index (κ1) is 14.4. The summed E-state index contributed by atoms with van der Waals surface area (Å²) in [5.41, 5.74) is 1.23. The number of benzene rings is 1. The Labute approximate surface area is 113 Å². The molecule has 0 bridgehead atoms. The van der Waals surface area contributed by atoms with Gasteiger partial charge in [0.1, 0.15) is 0 Å². The maximum Gasteiger partial charge on any atom is 0.273 e. The molecule has 1 saturated heterocycles. The highest BCUT2D eigenvalue weighted by Crippen LogP contribution is 2.33. The number of rotatable bonds is 4. The quantitative estimate of drug-likeness (QED) is 0.902. The average Bonchev–Trinajstić information content (AvgIpc) is 2.39. The molecule has 0 aromatic heterocycles. The molecule has 1 aromatic rings. The number of likely N-dealkylation sites (N-methyl/N-ethyl adjacent to an activating group) is 1. The van der Waals surface area contributed by atoms with Crippen molar-refractivity contribution in [2.75, 3.05) is 26.7 Å². The van der Waals surface area contributed by atoms with Crippen molar-refractivity contribution >= 4 is 0 Å². The molecule has 1 fully saturated rings.